The first-order valence-electron chi connectivity index (χ1n) is 11.5. The van der Waals surface area contributed by atoms with Gasteiger partial charge in [0.05, 0.1) is 17.6 Å². The van der Waals surface area contributed by atoms with E-state index in [-0.39, 0.29) is 37.5 Å². The SMILES string of the molecule is C[Si](C)(C)OC1CC(C(=O)N2CCN(CCO)CC2)N(C(=O)OCc2ccc([N+](=O)[O-])cc2)C1. The van der Waals surface area contributed by atoms with Crippen molar-refractivity contribution in [2.45, 2.75) is 44.8 Å². The minimum atomic E-state index is -1.88. The largest absolute Gasteiger partial charge is 0.445 e. The van der Waals surface area contributed by atoms with Crippen LogP contribution in [-0.2, 0) is 20.6 Å². The number of non-ortho nitro benzene ring substituents is 1. The lowest BCUT2D eigenvalue weighted by Crippen LogP contribution is -2.54. The Balaban J connectivity index is 1.65. The fourth-order valence-corrected chi connectivity index (χ4v) is 5.48. The molecule has 2 unspecified atom stereocenters. The third kappa shape index (κ3) is 6.98. The summed E-state index contributed by atoms with van der Waals surface area (Å²) in [5.74, 6) is -0.113. The minimum absolute atomic E-state index is 0.0364. The number of benzene rings is 1. The van der Waals surface area contributed by atoms with Crippen molar-refractivity contribution in [2.75, 3.05) is 45.9 Å². The quantitative estimate of drug-likeness (QED) is 0.329. The van der Waals surface area contributed by atoms with Crippen LogP contribution in [0.1, 0.15) is 12.0 Å². The van der Waals surface area contributed by atoms with Crippen LogP contribution in [0.3, 0.4) is 0 Å². The zero-order valence-electron chi connectivity index (χ0n) is 20.0. The van der Waals surface area contributed by atoms with Crippen LogP contribution in [0.15, 0.2) is 24.3 Å². The highest BCUT2D eigenvalue weighted by Gasteiger charge is 2.44. The maximum atomic E-state index is 13.4. The van der Waals surface area contributed by atoms with Gasteiger partial charge in [0.1, 0.15) is 12.6 Å². The Morgan fingerprint density at radius 1 is 1.15 bits per heavy atom. The summed E-state index contributed by atoms with van der Waals surface area (Å²) in [5.41, 5.74) is 0.585. The van der Waals surface area contributed by atoms with Crippen LogP contribution in [0.5, 0.6) is 0 Å². The van der Waals surface area contributed by atoms with Crippen molar-refractivity contribution >= 4 is 26.0 Å². The van der Waals surface area contributed by atoms with E-state index in [1.54, 1.807) is 17.0 Å². The number of piperazine rings is 1. The van der Waals surface area contributed by atoms with Gasteiger partial charge in [-0.2, -0.15) is 0 Å². The molecule has 0 aliphatic carbocycles. The molecular formula is C22H34N4O7Si. The van der Waals surface area contributed by atoms with Crippen molar-refractivity contribution in [3.05, 3.63) is 39.9 Å². The summed E-state index contributed by atoms with van der Waals surface area (Å²) in [6.45, 7) is 9.55. The number of carbonyl (C=O) groups is 2. The summed E-state index contributed by atoms with van der Waals surface area (Å²) < 4.78 is 11.7. The standard InChI is InChI=1S/C22H34N4O7Si/c1-34(2,3)33-19-14-20(21(28)24-10-8-23(9-11-24)12-13-27)25(15-19)22(29)32-16-17-4-6-18(7-5-17)26(30)31/h4-7,19-20,27H,8-16H2,1-3H3. The fraction of sp³-hybridized carbons (Fsp3) is 0.636. The number of nitrogens with zero attached hydrogens (tertiary/aromatic N) is 4. The predicted molar refractivity (Wildman–Crippen MR) is 127 cm³/mol. The van der Waals surface area contributed by atoms with E-state index in [2.05, 4.69) is 24.5 Å². The van der Waals surface area contributed by atoms with Gasteiger partial charge in [-0.05, 0) is 37.3 Å². The molecule has 2 heterocycles. The van der Waals surface area contributed by atoms with E-state index in [1.165, 1.54) is 17.0 Å². The molecule has 2 aliphatic rings. The van der Waals surface area contributed by atoms with E-state index in [9.17, 15) is 19.7 Å². The van der Waals surface area contributed by atoms with Gasteiger partial charge in [0, 0.05) is 57.8 Å². The van der Waals surface area contributed by atoms with E-state index in [1.807, 2.05) is 0 Å². The number of ether oxygens (including phenoxy) is 1. The van der Waals surface area contributed by atoms with Gasteiger partial charge in [0.25, 0.3) is 5.69 Å². The number of rotatable bonds is 8. The zero-order valence-corrected chi connectivity index (χ0v) is 21.0. The Labute approximate surface area is 200 Å². The number of aliphatic hydroxyl groups excluding tert-OH is 1. The second kappa shape index (κ2) is 11.3. The lowest BCUT2D eigenvalue weighted by Gasteiger charge is -2.36. The van der Waals surface area contributed by atoms with Crippen molar-refractivity contribution in [3.8, 4) is 0 Å². The highest BCUT2D eigenvalue weighted by Crippen LogP contribution is 2.26. The van der Waals surface area contributed by atoms with E-state index >= 15 is 0 Å². The van der Waals surface area contributed by atoms with Crippen molar-refractivity contribution in [2.24, 2.45) is 0 Å². The molecule has 1 aromatic rings. The van der Waals surface area contributed by atoms with Gasteiger partial charge in [-0.3, -0.25) is 24.7 Å². The average Bonchev–Trinajstić information content (AvgIpc) is 3.20. The number of nitro benzene ring substituents is 1. The molecule has 0 spiro atoms. The first kappa shape index (κ1) is 26.1. The molecule has 0 saturated carbocycles. The number of aliphatic hydroxyl groups is 1. The van der Waals surface area contributed by atoms with Crippen molar-refractivity contribution in [1.82, 2.24) is 14.7 Å². The molecular weight excluding hydrogens is 460 g/mol. The average molecular weight is 495 g/mol. The maximum Gasteiger partial charge on any atom is 0.410 e. The first-order chi connectivity index (χ1) is 16.1. The highest BCUT2D eigenvalue weighted by atomic mass is 28.4. The number of nitro groups is 1. The maximum absolute atomic E-state index is 13.4. The van der Waals surface area contributed by atoms with Crippen LogP contribution in [-0.4, -0.2) is 103 Å². The lowest BCUT2D eigenvalue weighted by molar-refractivity contribution is -0.384. The van der Waals surface area contributed by atoms with Crippen molar-refractivity contribution in [1.29, 1.82) is 0 Å². The molecule has 188 valence electrons. The number of carbonyl (C=O) groups excluding carboxylic acids is 2. The number of β-amino-alcohol motifs (C(OH)–C–C–N with tert-alkyl or cyclic N) is 1. The third-order valence-electron chi connectivity index (χ3n) is 5.91. The summed E-state index contributed by atoms with van der Waals surface area (Å²) in [4.78, 5) is 42.0. The van der Waals surface area contributed by atoms with Crippen molar-refractivity contribution < 1.29 is 28.8 Å². The summed E-state index contributed by atoms with van der Waals surface area (Å²) in [6, 6.07) is 5.15. The monoisotopic (exact) mass is 494 g/mol. The molecule has 11 nitrogen and oxygen atoms in total. The topological polar surface area (TPSA) is 126 Å². The van der Waals surface area contributed by atoms with Gasteiger partial charge in [0.2, 0.25) is 5.91 Å². The van der Waals surface area contributed by atoms with E-state index in [0.717, 1.165) is 0 Å². The normalized spacial score (nSPS) is 21.5. The first-order valence-corrected chi connectivity index (χ1v) is 14.9. The lowest BCUT2D eigenvalue weighted by atomic mass is 10.1. The molecule has 0 aromatic heterocycles. The molecule has 0 bridgehead atoms. The molecule has 0 radical (unpaired) electrons. The Morgan fingerprint density at radius 3 is 2.35 bits per heavy atom. The molecule has 1 aromatic carbocycles. The number of hydrogen-bond acceptors (Lipinski definition) is 8. The van der Waals surface area contributed by atoms with E-state index in [0.29, 0.717) is 44.7 Å². The summed E-state index contributed by atoms with van der Waals surface area (Å²) in [6.07, 6.45) is -0.410. The van der Waals surface area contributed by atoms with Gasteiger partial charge in [0.15, 0.2) is 8.32 Å². The van der Waals surface area contributed by atoms with Crippen LogP contribution in [0, 0.1) is 10.1 Å². The van der Waals surface area contributed by atoms with E-state index in [4.69, 9.17) is 14.3 Å². The Bertz CT molecular complexity index is 869. The minimum Gasteiger partial charge on any atom is -0.445 e. The molecule has 2 saturated heterocycles. The second-order valence-corrected chi connectivity index (χ2v) is 14.1. The second-order valence-electron chi connectivity index (χ2n) is 9.62. The number of likely N-dealkylation sites (tertiary alicyclic amines) is 1. The third-order valence-corrected chi connectivity index (χ3v) is 6.95. The fourth-order valence-electron chi connectivity index (χ4n) is 4.30. The molecule has 2 atom stereocenters. The molecule has 2 fully saturated rings. The van der Waals surface area contributed by atoms with Crippen LogP contribution < -0.4 is 0 Å². The van der Waals surface area contributed by atoms with Gasteiger partial charge < -0.3 is 19.2 Å². The Kier molecular flexibility index (Phi) is 8.63. The number of hydrogen-bond donors (Lipinski definition) is 1. The van der Waals surface area contributed by atoms with Crippen LogP contribution in [0.25, 0.3) is 0 Å². The van der Waals surface area contributed by atoms with Gasteiger partial charge in [-0.25, -0.2) is 4.79 Å². The van der Waals surface area contributed by atoms with E-state index < -0.39 is 25.4 Å². The summed E-state index contributed by atoms with van der Waals surface area (Å²) >= 11 is 0. The molecule has 3 rings (SSSR count). The molecule has 34 heavy (non-hydrogen) atoms. The predicted octanol–water partition coefficient (Wildman–Crippen LogP) is 1.66. The smallest absolute Gasteiger partial charge is 0.410 e. The van der Waals surface area contributed by atoms with Gasteiger partial charge >= 0.3 is 6.09 Å². The Hall–Kier alpha value is -2.54. The van der Waals surface area contributed by atoms with Crippen LogP contribution >= 0.6 is 0 Å². The molecule has 12 heteroatoms. The van der Waals surface area contributed by atoms with Gasteiger partial charge in [-0.15, -0.1) is 0 Å². The molecule has 2 amide bonds. The Morgan fingerprint density at radius 2 is 1.79 bits per heavy atom. The zero-order chi connectivity index (χ0) is 24.9. The summed E-state index contributed by atoms with van der Waals surface area (Å²) in [7, 11) is -1.88. The highest BCUT2D eigenvalue weighted by molar-refractivity contribution is 6.69. The van der Waals surface area contributed by atoms with Gasteiger partial charge in [-0.1, -0.05) is 0 Å². The number of amides is 2. The molecule has 1 N–H and O–H groups in total. The van der Waals surface area contributed by atoms with Crippen LogP contribution in [0.2, 0.25) is 19.6 Å². The van der Waals surface area contributed by atoms with Crippen LogP contribution in [0.4, 0.5) is 10.5 Å². The summed E-state index contributed by atoms with van der Waals surface area (Å²) in [5, 5.41) is 20.0. The van der Waals surface area contributed by atoms with Crippen molar-refractivity contribution in [3.63, 3.8) is 0 Å². The molecule has 2 aliphatic heterocycles.